The van der Waals surface area contributed by atoms with Crippen molar-refractivity contribution in [3.05, 3.63) is 34.9 Å². The number of ether oxygens (including phenoxy) is 1. The van der Waals surface area contributed by atoms with E-state index in [1.807, 2.05) is 12.1 Å². The van der Waals surface area contributed by atoms with Crippen LogP contribution in [0.15, 0.2) is 18.2 Å². The van der Waals surface area contributed by atoms with Crippen molar-refractivity contribution in [2.75, 3.05) is 13.7 Å². The number of carbonyl (C=O) groups is 1. The second kappa shape index (κ2) is 8.58. The number of hydrogen-bond donors (Lipinski definition) is 0. The Morgan fingerprint density at radius 1 is 1.48 bits per heavy atom. The average molecular weight is 378 g/mol. The second-order valence-corrected chi connectivity index (χ2v) is 4.74. The molecule has 107 valence electrons. The molecule has 0 N–H and O–H groups in total. The smallest absolute Gasteiger partial charge is 0.222 e. The summed E-state index contributed by atoms with van der Waals surface area (Å²) in [5.41, 5.74) is 1.52. The maximum Gasteiger partial charge on any atom is 0.222 e. The van der Waals surface area contributed by atoms with Crippen molar-refractivity contribution in [2.24, 2.45) is 0 Å². The molecular weight excluding hydrogens is 363 g/mol. The molecule has 0 saturated carbocycles. The maximum atomic E-state index is 11.7. The Balaban J connectivity index is 0.00000220. The summed E-state index contributed by atoms with van der Waals surface area (Å²) in [7, 11) is 1.74. The fraction of sp³-hybridized carbons (Fsp3) is 0.312. The van der Waals surface area contributed by atoms with Gasteiger partial charge in [0.15, 0.2) is 0 Å². The van der Waals surface area contributed by atoms with Gasteiger partial charge in [0.25, 0.3) is 0 Å². The predicted molar refractivity (Wildman–Crippen MR) is 79.1 cm³/mol. The fourth-order valence-corrected chi connectivity index (χ4v) is 2.20. The van der Waals surface area contributed by atoms with Crippen molar-refractivity contribution in [1.82, 2.24) is 4.90 Å². The van der Waals surface area contributed by atoms with Crippen LogP contribution in [0.4, 0.5) is 0 Å². The molecule has 1 aromatic carbocycles. The molecule has 0 fully saturated rings. The van der Waals surface area contributed by atoms with Gasteiger partial charge in [-0.05, 0) is 24.1 Å². The Kier molecular flexibility index (Phi) is 7.45. The SMILES string of the molecule is CC#CCOc1ccc(C2=[C-]CCC(=O)N2C)c(Cl)c1.[Y]. The van der Waals surface area contributed by atoms with E-state index in [0.29, 0.717) is 30.2 Å². The maximum absolute atomic E-state index is 11.7. The van der Waals surface area contributed by atoms with Gasteiger partial charge in [-0.15, -0.1) is 41.3 Å². The van der Waals surface area contributed by atoms with Crippen LogP contribution in [0.3, 0.4) is 0 Å². The molecule has 2 rings (SSSR count). The largest absolute Gasteiger partial charge is 0.481 e. The van der Waals surface area contributed by atoms with Crippen LogP contribution in [-0.4, -0.2) is 24.5 Å². The van der Waals surface area contributed by atoms with Crippen molar-refractivity contribution in [2.45, 2.75) is 19.8 Å². The Labute approximate surface area is 155 Å². The molecule has 0 aromatic heterocycles. The van der Waals surface area contributed by atoms with Crippen LogP contribution in [-0.2, 0) is 37.5 Å². The number of nitrogens with zero attached hydrogens (tertiary/aromatic N) is 1. The topological polar surface area (TPSA) is 29.5 Å². The Morgan fingerprint density at radius 2 is 2.24 bits per heavy atom. The normalized spacial score (nSPS) is 13.8. The predicted octanol–water partition coefficient (Wildman–Crippen LogP) is 3.14. The zero-order chi connectivity index (χ0) is 14.5. The van der Waals surface area contributed by atoms with Gasteiger partial charge in [0, 0.05) is 46.2 Å². The molecule has 1 radical (unpaired) electrons. The van der Waals surface area contributed by atoms with Crippen LogP contribution in [0.1, 0.15) is 25.3 Å². The summed E-state index contributed by atoms with van der Waals surface area (Å²) in [5.74, 6) is 6.32. The first-order chi connectivity index (χ1) is 9.63. The molecular formula is C16H15ClNO2Y-. The average Bonchev–Trinajstić information content (AvgIpc) is 2.43. The van der Waals surface area contributed by atoms with Crippen molar-refractivity contribution in [3.8, 4) is 17.6 Å². The fourth-order valence-electron chi connectivity index (χ4n) is 1.94. The molecule has 5 heteroatoms. The van der Waals surface area contributed by atoms with E-state index in [1.165, 1.54) is 0 Å². The van der Waals surface area contributed by atoms with E-state index in [9.17, 15) is 4.79 Å². The molecule has 0 atom stereocenters. The molecule has 1 aromatic rings. The molecule has 0 bridgehead atoms. The summed E-state index contributed by atoms with van der Waals surface area (Å²) >= 11 is 6.27. The standard InChI is InChI=1S/C16H15ClNO2.Y/c1-3-4-10-20-12-8-9-13(14(17)11-12)15-6-5-7-16(19)18(15)2;/h8-9,11H,5,7,10H2,1-2H3;/q-1;. The molecule has 1 aliphatic heterocycles. The number of allylic oxidation sites excluding steroid dienone is 1. The number of hydrogen-bond acceptors (Lipinski definition) is 2. The molecule has 1 aliphatic rings. The zero-order valence-corrected chi connectivity index (χ0v) is 15.7. The molecule has 3 nitrogen and oxygen atoms in total. The summed E-state index contributed by atoms with van der Waals surface area (Å²) in [6.07, 6.45) is 4.32. The van der Waals surface area contributed by atoms with E-state index in [1.54, 1.807) is 24.9 Å². The second-order valence-electron chi connectivity index (χ2n) is 4.34. The number of halogens is 1. The van der Waals surface area contributed by atoms with Gasteiger partial charge in [-0.2, -0.15) is 0 Å². The summed E-state index contributed by atoms with van der Waals surface area (Å²) in [6, 6.07) is 5.39. The van der Waals surface area contributed by atoms with Crippen LogP contribution >= 0.6 is 11.6 Å². The summed E-state index contributed by atoms with van der Waals surface area (Å²) in [6.45, 7) is 2.09. The first kappa shape index (κ1) is 18.2. The van der Waals surface area contributed by atoms with Crippen molar-refractivity contribution in [1.29, 1.82) is 0 Å². The van der Waals surface area contributed by atoms with E-state index >= 15 is 0 Å². The third-order valence-corrected chi connectivity index (χ3v) is 3.34. The Hall–Kier alpha value is -0.816. The zero-order valence-electron chi connectivity index (χ0n) is 12.1. The quantitative estimate of drug-likeness (QED) is 0.598. The third kappa shape index (κ3) is 4.58. The van der Waals surface area contributed by atoms with Crippen molar-refractivity contribution in [3.63, 3.8) is 0 Å². The summed E-state index contributed by atoms with van der Waals surface area (Å²) in [5, 5.41) is 0.538. The number of benzene rings is 1. The van der Waals surface area contributed by atoms with E-state index in [2.05, 4.69) is 17.9 Å². The Bertz CT molecular complexity index is 616. The van der Waals surface area contributed by atoms with Crippen LogP contribution in [0.5, 0.6) is 5.75 Å². The molecule has 0 aliphatic carbocycles. The van der Waals surface area contributed by atoms with E-state index < -0.39 is 0 Å². The van der Waals surface area contributed by atoms with Gasteiger partial charge in [-0.25, -0.2) is 6.08 Å². The van der Waals surface area contributed by atoms with E-state index in [4.69, 9.17) is 16.3 Å². The number of rotatable bonds is 3. The van der Waals surface area contributed by atoms with Crippen molar-refractivity contribution >= 4 is 23.2 Å². The molecule has 1 heterocycles. The minimum atomic E-state index is 0. The van der Waals surface area contributed by atoms with Gasteiger partial charge in [-0.1, -0.05) is 5.92 Å². The number of carbonyl (C=O) groups excluding carboxylic acids is 1. The molecule has 0 unspecified atom stereocenters. The molecule has 0 spiro atoms. The van der Waals surface area contributed by atoms with Crippen LogP contribution in [0.25, 0.3) is 5.70 Å². The monoisotopic (exact) mass is 377 g/mol. The Morgan fingerprint density at radius 3 is 2.90 bits per heavy atom. The summed E-state index contributed by atoms with van der Waals surface area (Å²) < 4.78 is 5.45. The van der Waals surface area contributed by atoms with Gasteiger partial charge >= 0.3 is 0 Å². The third-order valence-electron chi connectivity index (χ3n) is 3.02. The first-order valence-corrected chi connectivity index (χ1v) is 6.71. The van der Waals surface area contributed by atoms with Gasteiger partial charge in [0.1, 0.15) is 12.4 Å². The molecule has 21 heavy (non-hydrogen) atoms. The van der Waals surface area contributed by atoms with Gasteiger partial charge < -0.3 is 9.64 Å². The van der Waals surface area contributed by atoms with E-state index in [-0.39, 0.29) is 38.6 Å². The van der Waals surface area contributed by atoms with E-state index in [0.717, 1.165) is 11.3 Å². The van der Waals surface area contributed by atoms with Crippen LogP contribution < -0.4 is 4.74 Å². The minimum absolute atomic E-state index is 0. The van der Waals surface area contributed by atoms with Crippen molar-refractivity contribution < 1.29 is 42.2 Å². The van der Waals surface area contributed by atoms with Crippen LogP contribution in [0, 0.1) is 17.9 Å². The number of amides is 1. The minimum Gasteiger partial charge on any atom is -0.481 e. The van der Waals surface area contributed by atoms with Gasteiger partial charge in [-0.3, -0.25) is 4.79 Å². The molecule has 0 saturated heterocycles. The summed E-state index contributed by atoms with van der Waals surface area (Å²) in [4.78, 5) is 13.3. The van der Waals surface area contributed by atoms with Crippen LogP contribution in [0.2, 0.25) is 5.02 Å². The molecule has 1 amide bonds. The first-order valence-electron chi connectivity index (χ1n) is 6.33. The van der Waals surface area contributed by atoms with Gasteiger partial charge in [0.05, 0.1) is 0 Å². The van der Waals surface area contributed by atoms with Gasteiger partial charge in [0.2, 0.25) is 5.91 Å².